The Morgan fingerprint density at radius 3 is 2.90 bits per heavy atom. The number of pyridine rings is 1. The molecule has 9 heteroatoms. The van der Waals surface area contributed by atoms with Crippen LogP contribution in [0.25, 0.3) is 11.3 Å². The van der Waals surface area contributed by atoms with Crippen molar-refractivity contribution in [1.82, 2.24) is 14.9 Å². The van der Waals surface area contributed by atoms with Gasteiger partial charge in [0.15, 0.2) is 5.13 Å². The number of thiazole rings is 1. The number of rotatable bonds is 4. The highest BCUT2D eigenvalue weighted by atomic mass is 35.5. The van der Waals surface area contributed by atoms with Crippen LogP contribution >= 0.6 is 34.5 Å². The smallest absolute Gasteiger partial charge is 0.232 e. The Morgan fingerprint density at radius 1 is 1.31 bits per heavy atom. The summed E-state index contributed by atoms with van der Waals surface area (Å²) < 4.78 is 0. The van der Waals surface area contributed by atoms with Crippen LogP contribution in [0.1, 0.15) is 18.0 Å². The number of carbonyl (C=O) groups is 2. The van der Waals surface area contributed by atoms with E-state index < -0.39 is 5.92 Å². The Labute approximate surface area is 181 Å². The van der Waals surface area contributed by atoms with Crippen molar-refractivity contribution >= 4 is 51.5 Å². The van der Waals surface area contributed by atoms with Gasteiger partial charge in [-0.1, -0.05) is 29.3 Å². The first-order valence-corrected chi connectivity index (χ1v) is 10.4. The van der Waals surface area contributed by atoms with Gasteiger partial charge in [-0.25, -0.2) is 4.98 Å². The van der Waals surface area contributed by atoms with E-state index in [0.29, 0.717) is 26.4 Å². The van der Waals surface area contributed by atoms with Crippen molar-refractivity contribution < 1.29 is 9.59 Å². The largest absolute Gasteiger partial charge is 0.338 e. The summed E-state index contributed by atoms with van der Waals surface area (Å²) >= 11 is 13.6. The molecule has 1 saturated heterocycles. The molecule has 1 N–H and O–H groups in total. The van der Waals surface area contributed by atoms with Gasteiger partial charge in [-0.3, -0.25) is 14.6 Å². The summed E-state index contributed by atoms with van der Waals surface area (Å²) in [6, 6.07) is 8.44. The van der Waals surface area contributed by atoms with Crippen molar-refractivity contribution in [3.8, 4) is 11.3 Å². The number of hydrogen-bond acceptors (Lipinski definition) is 5. The first-order chi connectivity index (χ1) is 13.9. The van der Waals surface area contributed by atoms with Crippen molar-refractivity contribution in [2.75, 3.05) is 12.4 Å². The second kappa shape index (κ2) is 8.10. The van der Waals surface area contributed by atoms with Crippen LogP contribution in [0.4, 0.5) is 5.13 Å². The van der Waals surface area contributed by atoms with Gasteiger partial charge in [-0.15, -0.1) is 11.3 Å². The molecule has 0 bridgehead atoms. The van der Waals surface area contributed by atoms with Crippen LogP contribution in [0.15, 0.2) is 48.1 Å². The molecule has 0 radical (unpaired) electrons. The molecule has 2 amide bonds. The number of likely N-dealkylation sites (tertiary alicyclic amines) is 1. The molecular formula is C20H16Cl2N4O2S. The van der Waals surface area contributed by atoms with Crippen LogP contribution in [0.3, 0.4) is 0 Å². The van der Waals surface area contributed by atoms with Gasteiger partial charge in [0.2, 0.25) is 11.8 Å². The maximum atomic E-state index is 13.0. The number of nitrogens with one attached hydrogen (secondary N) is 1. The van der Waals surface area contributed by atoms with Crippen molar-refractivity contribution in [2.45, 2.75) is 12.5 Å². The van der Waals surface area contributed by atoms with Crippen molar-refractivity contribution in [3.05, 3.63) is 63.7 Å². The predicted octanol–water partition coefficient (Wildman–Crippen LogP) is 4.67. The second-order valence-electron chi connectivity index (χ2n) is 6.70. The normalized spacial score (nSPS) is 18.9. The number of halogens is 2. The Hall–Kier alpha value is -2.48. The second-order valence-corrected chi connectivity index (χ2v) is 8.40. The fourth-order valence-corrected chi connectivity index (χ4v) is 4.56. The minimum absolute atomic E-state index is 0.0791. The zero-order valence-electron chi connectivity index (χ0n) is 15.3. The first-order valence-electron chi connectivity index (χ1n) is 8.81. The maximum absolute atomic E-state index is 13.0. The fourth-order valence-electron chi connectivity index (χ4n) is 3.46. The Kier molecular flexibility index (Phi) is 5.54. The van der Waals surface area contributed by atoms with Gasteiger partial charge >= 0.3 is 0 Å². The Morgan fingerprint density at radius 2 is 2.14 bits per heavy atom. The minimum atomic E-state index is -0.529. The molecule has 2 atom stereocenters. The lowest BCUT2D eigenvalue weighted by Crippen LogP contribution is -2.30. The molecule has 1 aromatic carbocycles. The lowest BCUT2D eigenvalue weighted by molar-refractivity contribution is -0.127. The van der Waals surface area contributed by atoms with E-state index in [0.717, 1.165) is 5.56 Å². The molecule has 1 aliphatic heterocycles. The molecule has 29 heavy (non-hydrogen) atoms. The van der Waals surface area contributed by atoms with Gasteiger partial charge in [-0.05, 0) is 29.8 Å². The zero-order valence-corrected chi connectivity index (χ0v) is 17.6. The highest BCUT2D eigenvalue weighted by Gasteiger charge is 2.43. The fraction of sp³-hybridized carbons (Fsp3) is 0.200. The molecule has 4 rings (SSSR count). The number of amides is 2. The van der Waals surface area contributed by atoms with Gasteiger partial charge in [0.05, 0.1) is 22.7 Å². The van der Waals surface area contributed by atoms with Crippen LogP contribution in [0.2, 0.25) is 10.0 Å². The van der Waals surface area contributed by atoms with Crippen molar-refractivity contribution in [3.63, 3.8) is 0 Å². The summed E-state index contributed by atoms with van der Waals surface area (Å²) in [4.78, 5) is 35.4. The first kappa shape index (κ1) is 19.8. The minimum Gasteiger partial charge on any atom is -0.338 e. The van der Waals surface area contributed by atoms with Crippen LogP contribution in [0, 0.1) is 5.92 Å². The summed E-state index contributed by atoms with van der Waals surface area (Å²) in [5, 5.41) is 6.16. The molecule has 3 heterocycles. The number of benzene rings is 1. The molecule has 0 saturated carbocycles. The van der Waals surface area contributed by atoms with E-state index >= 15 is 0 Å². The monoisotopic (exact) mass is 446 g/mol. The van der Waals surface area contributed by atoms with Gasteiger partial charge in [0.25, 0.3) is 0 Å². The zero-order chi connectivity index (χ0) is 20.5. The highest BCUT2D eigenvalue weighted by molar-refractivity contribution is 7.14. The lowest BCUT2D eigenvalue weighted by Gasteiger charge is -2.24. The van der Waals surface area contributed by atoms with E-state index in [2.05, 4.69) is 15.3 Å². The number of aromatic nitrogens is 2. The quantitative estimate of drug-likeness (QED) is 0.631. The number of hydrogen-bond donors (Lipinski definition) is 1. The van der Waals surface area contributed by atoms with Crippen LogP contribution in [-0.2, 0) is 9.59 Å². The SMILES string of the molecule is CN1C(=O)CC(C(=O)Nc2nc(-c3cc(Cl)ccc3Cl)cs2)C1c1cccnc1. The average Bonchev–Trinajstić information content (AvgIpc) is 3.29. The summed E-state index contributed by atoms with van der Waals surface area (Å²) in [7, 11) is 1.70. The van der Waals surface area contributed by atoms with Crippen LogP contribution < -0.4 is 5.32 Å². The van der Waals surface area contributed by atoms with E-state index in [4.69, 9.17) is 23.2 Å². The number of anilines is 1. The third-order valence-electron chi connectivity index (χ3n) is 4.89. The lowest BCUT2D eigenvalue weighted by atomic mass is 9.94. The molecular weight excluding hydrogens is 431 g/mol. The summed E-state index contributed by atoms with van der Waals surface area (Å²) in [5.74, 6) is -0.863. The van der Waals surface area contributed by atoms with E-state index in [1.54, 1.807) is 54.0 Å². The number of carbonyl (C=O) groups excluding carboxylic acids is 2. The summed E-state index contributed by atoms with van der Waals surface area (Å²) in [6.45, 7) is 0. The van der Waals surface area contributed by atoms with Crippen LogP contribution in [-0.4, -0.2) is 33.7 Å². The summed E-state index contributed by atoms with van der Waals surface area (Å²) in [5.41, 5.74) is 2.15. The van der Waals surface area contributed by atoms with Crippen LogP contribution in [0.5, 0.6) is 0 Å². The number of nitrogens with zero attached hydrogens (tertiary/aromatic N) is 3. The standard InChI is InChI=1S/C20H16Cl2N4O2S/c1-26-17(27)8-14(18(26)11-3-2-6-23-9-11)19(28)25-20-24-16(10-29-20)13-7-12(21)4-5-15(13)22/h2-7,9-10,14,18H,8H2,1H3,(H,24,25,28). The maximum Gasteiger partial charge on any atom is 0.232 e. The van der Waals surface area contributed by atoms with Crippen molar-refractivity contribution in [1.29, 1.82) is 0 Å². The molecule has 148 valence electrons. The van der Waals surface area contributed by atoms with Gasteiger partial charge < -0.3 is 10.2 Å². The Bertz CT molecular complexity index is 1070. The third-order valence-corrected chi connectivity index (χ3v) is 6.21. The van der Waals surface area contributed by atoms with Crippen molar-refractivity contribution in [2.24, 2.45) is 5.92 Å². The molecule has 0 spiro atoms. The van der Waals surface area contributed by atoms with Gasteiger partial charge in [0.1, 0.15) is 0 Å². The highest BCUT2D eigenvalue weighted by Crippen LogP contribution is 2.38. The molecule has 2 aromatic heterocycles. The van der Waals surface area contributed by atoms with E-state index in [9.17, 15) is 9.59 Å². The molecule has 2 unspecified atom stereocenters. The van der Waals surface area contributed by atoms with Gasteiger partial charge in [-0.2, -0.15) is 0 Å². The summed E-state index contributed by atoms with van der Waals surface area (Å²) in [6.07, 6.45) is 3.48. The van der Waals surface area contributed by atoms with E-state index in [1.165, 1.54) is 11.3 Å². The molecule has 0 aliphatic carbocycles. The topological polar surface area (TPSA) is 75.2 Å². The molecule has 6 nitrogen and oxygen atoms in total. The Balaban J connectivity index is 1.56. The third kappa shape index (κ3) is 3.99. The van der Waals surface area contributed by atoms with E-state index in [-0.39, 0.29) is 24.3 Å². The predicted molar refractivity (Wildman–Crippen MR) is 114 cm³/mol. The van der Waals surface area contributed by atoms with Gasteiger partial charge in [0, 0.05) is 41.8 Å². The molecule has 1 fully saturated rings. The molecule has 1 aliphatic rings. The van der Waals surface area contributed by atoms with E-state index in [1.807, 2.05) is 6.07 Å². The average molecular weight is 447 g/mol. The molecule has 3 aromatic rings.